The second-order valence-corrected chi connectivity index (χ2v) is 6.83. The van der Waals surface area contributed by atoms with Gasteiger partial charge >= 0.3 is 0 Å². The summed E-state index contributed by atoms with van der Waals surface area (Å²) >= 11 is 0. The first kappa shape index (κ1) is 17.1. The van der Waals surface area contributed by atoms with Crippen molar-refractivity contribution in [2.24, 2.45) is 5.14 Å². The van der Waals surface area contributed by atoms with Crippen molar-refractivity contribution in [2.45, 2.75) is 11.8 Å². The lowest BCUT2D eigenvalue weighted by molar-refractivity contribution is 0.386. The van der Waals surface area contributed by atoms with E-state index in [1.54, 1.807) is 31.2 Å². The number of oxazole rings is 1. The Bertz CT molecular complexity index is 1040. The predicted molar refractivity (Wildman–Crippen MR) is 90.0 cm³/mol. The van der Waals surface area contributed by atoms with Crippen LogP contribution < -0.4 is 9.88 Å². The number of nitrogens with two attached hydrogens (primary N) is 1. The third-order valence-electron chi connectivity index (χ3n) is 3.60. The van der Waals surface area contributed by atoms with Crippen molar-refractivity contribution >= 4 is 10.0 Å². The van der Waals surface area contributed by atoms with Gasteiger partial charge in [-0.15, -0.1) is 0 Å². The van der Waals surface area contributed by atoms with Crippen molar-refractivity contribution in [2.75, 3.05) is 7.11 Å². The van der Waals surface area contributed by atoms with Crippen molar-refractivity contribution in [3.63, 3.8) is 0 Å². The van der Waals surface area contributed by atoms with E-state index < -0.39 is 15.8 Å². The van der Waals surface area contributed by atoms with Crippen LogP contribution in [0.1, 0.15) is 5.89 Å². The Hall–Kier alpha value is -2.71. The quantitative estimate of drug-likeness (QED) is 0.769. The number of rotatable bonds is 4. The second kappa shape index (κ2) is 6.30. The Morgan fingerprint density at radius 2 is 1.92 bits per heavy atom. The summed E-state index contributed by atoms with van der Waals surface area (Å²) in [5.74, 6) is 0.0407. The van der Waals surface area contributed by atoms with Crippen molar-refractivity contribution in [3.8, 4) is 28.3 Å². The fourth-order valence-corrected chi connectivity index (χ4v) is 3.26. The fraction of sp³-hybridized carbons (Fsp3) is 0.118. The monoisotopic (exact) mass is 362 g/mol. The molecule has 2 N–H and O–H groups in total. The second-order valence-electron chi connectivity index (χ2n) is 5.30. The lowest BCUT2D eigenvalue weighted by atomic mass is 10.1. The van der Waals surface area contributed by atoms with E-state index in [9.17, 15) is 12.8 Å². The van der Waals surface area contributed by atoms with Crippen molar-refractivity contribution in [3.05, 3.63) is 54.2 Å². The van der Waals surface area contributed by atoms with Gasteiger partial charge in [-0.25, -0.2) is 22.9 Å². The summed E-state index contributed by atoms with van der Waals surface area (Å²) in [5.41, 5.74) is 1.00. The first-order valence-corrected chi connectivity index (χ1v) is 8.79. The average Bonchev–Trinajstić information content (AvgIpc) is 2.96. The highest BCUT2D eigenvalue weighted by Gasteiger charge is 2.22. The minimum Gasteiger partial charge on any atom is -0.494 e. The number of nitrogens with zero attached hydrogens (tertiary/aromatic N) is 1. The molecule has 8 heteroatoms. The summed E-state index contributed by atoms with van der Waals surface area (Å²) in [4.78, 5) is 4.17. The molecule has 0 amide bonds. The minimum atomic E-state index is -3.97. The summed E-state index contributed by atoms with van der Waals surface area (Å²) in [7, 11) is -2.60. The fourth-order valence-electron chi connectivity index (χ4n) is 2.52. The highest BCUT2D eigenvalue weighted by Crippen LogP contribution is 2.36. The largest absolute Gasteiger partial charge is 0.494 e. The first-order valence-electron chi connectivity index (χ1n) is 7.25. The molecule has 0 spiro atoms. The minimum absolute atomic E-state index is 0.0930. The number of ether oxygens (including phenoxy) is 1. The molecule has 0 saturated heterocycles. The van der Waals surface area contributed by atoms with Gasteiger partial charge in [-0.3, -0.25) is 0 Å². The molecule has 0 bridgehead atoms. The topological polar surface area (TPSA) is 95.4 Å². The van der Waals surface area contributed by atoms with E-state index in [1.165, 1.54) is 25.3 Å². The molecule has 0 atom stereocenters. The number of sulfonamides is 1. The van der Waals surface area contributed by atoms with Gasteiger partial charge in [-0.1, -0.05) is 12.1 Å². The molecular formula is C17H15FN2O4S. The van der Waals surface area contributed by atoms with E-state index in [2.05, 4.69) is 4.98 Å². The van der Waals surface area contributed by atoms with Gasteiger partial charge in [0.05, 0.1) is 12.0 Å². The molecule has 0 unspecified atom stereocenters. The van der Waals surface area contributed by atoms with Crippen LogP contribution in [0.2, 0.25) is 0 Å². The smallest absolute Gasteiger partial charge is 0.238 e. The highest BCUT2D eigenvalue weighted by atomic mass is 32.2. The molecule has 1 heterocycles. The van der Waals surface area contributed by atoms with Gasteiger partial charge in [0.2, 0.25) is 10.0 Å². The van der Waals surface area contributed by atoms with E-state index in [1.807, 2.05) is 0 Å². The third-order valence-corrected chi connectivity index (χ3v) is 4.57. The first-order chi connectivity index (χ1) is 11.8. The number of hydrogen-bond acceptors (Lipinski definition) is 5. The van der Waals surface area contributed by atoms with Gasteiger partial charge in [0.1, 0.15) is 5.69 Å². The molecule has 0 fully saturated rings. The maximum Gasteiger partial charge on any atom is 0.238 e. The Labute approximate surface area is 144 Å². The Morgan fingerprint density at radius 1 is 1.20 bits per heavy atom. The lowest BCUT2D eigenvalue weighted by Gasteiger charge is -2.08. The standard InChI is InChI=1S/C17H15FN2O4S/c1-10-20-16(11-7-8-14(23-2)13(18)9-11)17(24-10)12-5-3-4-6-15(12)25(19,21)22/h3-9H,1-2H3,(H2,19,21,22). The van der Waals surface area contributed by atoms with Crippen LogP contribution in [0.15, 0.2) is 51.8 Å². The Morgan fingerprint density at radius 3 is 2.56 bits per heavy atom. The highest BCUT2D eigenvalue weighted by molar-refractivity contribution is 7.89. The SMILES string of the molecule is COc1ccc(-c2nc(C)oc2-c2ccccc2S(N)(=O)=O)cc1F. The summed E-state index contributed by atoms with van der Waals surface area (Å²) in [6.45, 7) is 1.62. The molecule has 0 aliphatic heterocycles. The zero-order valence-corrected chi connectivity index (χ0v) is 14.3. The van der Waals surface area contributed by atoms with Gasteiger partial charge < -0.3 is 9.15 Å². The number of halogens is 1. The Kier molecular flexibility index (Phi) is 4.32. The van der Waals surface area contributed by atoms with E-state index in [-0.39, 0.29) is 22.0 Å². The number of aryl methyl sites for hydroxylation is 1. The maximum atomic E-state index is 14.0. The maximum absolute atomic E-state index is 14.0. The molecule has 0 radical (unpaired) electrons. The normalized spacial score (nSPS) is 11.5. The van der Waals surface area contributed by atoms with E-state index in [0.29, 0.717) is 17.1 Å². The number of aromatic nitrogens is 1. The molecule has 3 rings (SSSR count). The van der Waals surface area contributed by atoms with Gasteiger partial charge in [0.25, 0.3) is 0 Å². The molecule has 0 saturated carbocycles. The summed E-state index contributed by atoms with van der Waals surface area (Å²) in [6, 6.07) is 10.5. The van der Waals surface area contributed by atoms with Crippen LogP contribution in [0.4, 0.5) is 4.39 Å². The van der Waals surface area contributed by atoms with Crippen LogP contribution in [-0.4, -0.2) is 20.5 Å². The summed E-state index contributed by atoms with van der Waals surface area (Å²) in [5, 5.41) is 5.29. The predicted octanol–water partition coefficient (Wildman–Crippen LogP) is 3.11. The van der Waals surface area contributed by atoms with Crippen LogP contribution in [0.25, 0.3) is 22.6 Å². The molecule has 25 heavy (non-hydrogen) atoms. The average molecular weight is 362 g/mol. The van der Waals surface area contributed by atoms with Crippen molar-refractivity contribution in [1.82, 2.24) is 4.98 Å². The molecule has 3 aromatic rings. The van der Waals surface area contributed by atoms with Gasteiger partial charge in [0.15, 0.2) is 23.2 Å². The number of methoxy groups -OCH3 is 1. The summed E-state index contributed by atoms with van der Waals surface area (Å²) < 4.78 is 48.3. The van der Waals surface area contributed by atoms with Crippen LogP contribution in [0.3, 0.4) is 0 Å². The number of primary sulfonamides is 1. The van der Waals surface area contributed by atoms with Crippen molar-refractivity contribution in [1.29, 1.82) is 0 Å². The van der Waals surface area contributed by atoms with Crippen LogP contribution >= 0.6 is 0 Å². The van der Waals surface area contributed by atoms with Crippen LogP contribution in [-0.2, 0) is 10.0 Å². The molecule has 1 aromatic heterocycles. The van der Waals surface area contributed by atoms with E-state index >= 15 is 0 Å². The van der Waals surface area contributed by atoms with E-state index in [4.69, 9.17) is 14.3 Å². The zero-order chi connectivity index (χ0) is 18.2. The summed E-state index contributed by atoms with van der Waals surface area (Å²) in [6.07, 6.45) is 0. The molecule has 0 aliphatic rings. The van der Waals surface area contributed by atoms with Gasteiger partial charge in [0, 0.05) is 18.1 Å². The van der Waals surface area contributed by atoms with Gasteiger partial charge in [-0.2, -0.15) is 0 Å². The number of hydrogen-bond donors (Lipinski definition) is 1. The molecule has 6 nitrogen and oxygen atoms in total. The Balaban J connectivity index is 2.24. The van der Waals surface area contributed by atoms with Crippen LogP contribution in [0, 0.1) is 12.7 Å². The third kappa shape index (κ3) is 3.26. The molecular weight excluding hydrogens is 347 g/mol. The zero-order valence-electron chi connectivity index (χ0n) is 13.5. The molecule has 0 aliphatic carbocycles. The lowest BCUT2D eigenvalue weighted by Crippen LogP contribution is -2.13. The van der Waals surface area contributed by atoms with E-state index in [0.717, 1.165) is 0 Å². The van der Waals surface area contributed by atoms with Crippen LogP contribution in [0.5, 0.6) is 5.75 Å². The molecule has 130 valence electrons. The van der Waals surface area contributed by atoms with Gasteiger partial charge in [-0.05, 0) is 30.3 Å². The molecule has 2 aromatic carbocycles. The number of benzene rings is 2. The van der Waals surface area contributed by atoms with Crippen molar-refractivity contribution < 1.29 is 22.0 Å².